The van der Waals surface area contributed by atoms with E-state index in [0.717, 1.165) is 16.7 Å². The number of nitrogens with one attached hydrogen (secondary N) is 2. The van der Waals surface area contributed by atoms with E-state index in [1.807, 2.05) is 77.9 Å². The van der Waals surface area contributed by atoms with Gasteiger partial charge in [0.2, 0.25) is 0 Å². The Morgan fingerprint density at radius 2 is 1.79 bits per heavy atom. The number of hydrogen-bond acceptors (Lipinski definition) is 4. The lowest BCUT2D eigenvalue weighted by Crippen LogP contribution is -2.51. The van der Waals surface area contributed by atoms with Gasteiger partial charge in [0.05, 0.1) is 18.3 Å². The van der Waals surface area contributed by atoms with Gasteiger partial charge in [-0.3, -0.25) is 14.9 Å². The molecule has 3 rings (SSSR count). The van der Waals surface area contributed by atoms with Crippen molar-refractivity contribution in [1.29, 1.82) is 0 Å². The second kappa shape index (κ2) is 10.4. The molecule has 8 nitrogen and oxygen atoms in total. The zero-order valence-corrected chi connectivity index (χ0v) is 20.7. The zero-order chi connectivity index (χ0) is 24.9. The van der Waals surface area contributed by atoms with Gasteiger partial charge in [0.15, 0.2) is 11.4 Å². The average Bonchev–Trinajstić information content (AvgIpc) is 3.20. The van der Waals surface area contributed by atoms with E-state index < -0.39 is 17.5 Å². The molecule has 0 radical (unpaired) electrons. The fraction of sp³-hybridized carbons (Fsp3) is 0.346. The van der Waals surface area contributed by atoms with Gasteiger partial charge < -0.3 is 10.1 Å². The summed E-state index contributed by atoms with van der Waals surface area (Å²) in [5.74, 6) is 0.399. The number of aromatic nitrogens is 2. The molecule has 1 aromatic heterocycles. The van der Waals surface area contributed by atoms with Crippen LogP contribution in [0.1, 0.15) is 54.9 Å². The second-order valence-corrected chi connectivity index (χ2v) is 9.15. The van der Waals surface area contributed by atoms with Crippen molar-refractivity contribution in [3.63, 3.8) is 0 Å². The summed E-state index contributed by atoms with van der Waals surface area (Å²) >= 11 is 0. The summed E-state index contributed by atoms with van der Waals surface area (Å²) in [5, 5.41) is 8.47. The van der Waals surface area contributed by atoms with Crippen LogP contribution in [0.25, 0.3) is 0 Å². The van der Waals surface area contributed by atoms with E-state index in [-0.39, 0.29) is 12.2 Å². The molecular formula is C26H33N5O3. The molecule has 0 saturated heterocycles. The quantitative estimate of drug-likeness (QED) is 0.508. The minimum Gasteiger partial charge on any atom is -0.453 e. The minimum absolute atomic E-state index is 0.211. The van der Waals surface area contributed by atoms with Crippen molar-refractivity contribution in [3.05, 3.63) is 77.1 Å². The molecule has 3 aromatic rings. The van der Waals surface area contributed by atoms with Gasteiger partial charge >= 0.3 is 6.03 Å². The summed E-state index contributed by atoms with van der Waals surface area (Å²) in [7, 11) is 0. The van der Waals surface area contributed by atoms with E-state index in [1.54, 1.807) is 16.8 Å². The Kier molecular flexibility index (Phi) is 7.61. The highest BCUT2D eigenvalue weighted by Gasteiger charge is 2.29. The SMILES string of the molecule is CCNC(=O)N(Cc1ccc(C)cc1C)NC(=O)c1c(Oc2ccccc2)cnn1C(C)(C)C. The molecule has 0 fully saturated rings. The number of hydrazine groups is 1. The van der Waals surface area contributed by atoms with E-state index in [1.165, 1.54) is 11.2 Å². The molecule has 1 heterocycles. The largest absolute Gasteiger partial charge is 0.453 e. The number of ether oxygens (including phenoxy) is 1. The maximum absolute atomic E-state index is 13.6. The van der Waals surface area contributed by atoms with Crippen LogP contribution in [0.15, 0.2) is 54.7 Å². The number of nitrogens with zero attached hydrogens (tertiary/aromatic N) is 3. The van der Waals surface area contributed by atoms with Crippen LogP contribution < -0.4 is 15.5 Å². The average molecular weight is 464 g/mol. The number of benzene rings is 2. The van der Waals surface area contributed by atoms with E-state index in [2.05, 4.69) is 15.8 Å². The molecule has 0 spiro atoms. The van der Waals surface area contributed by atoms with Crippen LogP contribution in [0.2, 0.25) is 0 Å². The van der Waals surface area contributed by atoms with Gasteiger partial charge in [0.1, 0.15) is 5.75 Å². The summed E-state index contributed by atoms with van der Waals surface area (Å²) in [4.78, 5) is 26.4. The third-order valence-corrected chi connectivity index (χ3v) is 5.19. The molecule has 8 heteroatoms. The Labute approximate surface area is 200 Å². The summed E-state index contributed by atoms with van der Waals surface area (Å²) in [6, 6.07) is 14.8. The fourth-order valence-electron chi connectivity index (χ4n) is 3.52. The normalized spacial score (nSPS) is 11.1. The molecule has 180 valence electrons. The third kappa shape index (κ3) is 5.95. The molecule has 0 aliphatic heterocycles. The molecule has 0 aliphatic rings. The molecule has 0 atom stereocenters. The topological polar surface area (TPSA) is 88.5 Å². The van der Waals surface area contributed by atoms with E-state index in [9.17, 15) is 9.59 Å². The molecule has 2 N–H and O–H groups in total. The summed E-state index contributed by atoms with van der Waals surface area (Å²) in [6.45, 7) is 12.3. The van der Waals surface area contributed by atoms with Gasteiger partial charge in [-0.05, 0) is 64.8 Å². The smallest absolute Gasteiger partial charge is 0.336 e. The van der Waals surface area contributed by atoms with Crippen LogP contribution in [0.3, 0.4) is 0 Å². The van der Waals surface area contributed by atoms with Crippen molar-refractivity contribution in [2.45, 2.75) is 53.6 Å². The second-order valence-electron chi connectivity index (χ2n) is 9.15. The molecule has 0 bridgehead atoms. The highest BCUT2D eigenvalue weighted by molar-refractivity contribution is 5.96. The van der Waals surface area contributed by atoms with Gasteiger partial charge in [0, 0.05) is 6.54 Å². The Balaban J connectivity index is 1.94. The number of carbonyl (C=O) groups is 2. The van der Waals surface area contributed by atoms with Crippen molar-refractivity contribution >= 4 is 11.9 Å². The lowest BCUT2D eigenvalue weighted by atomic mass is 10.1. The lowest BCUT2D eigenvalue weighted by Gasteiger charge is -2.26. The van der Waals surface area contributed by atoms with Gasteiger partial charge in [-0.2, -0.15) is 5.10 Å². The number of rotatable bonds is 6. The Morgan fingerprint density at radius 1 is 1.09 bits per heavy atom. The fourth-order valence-corrected chi connectivity index (χ4v) is 3.52. The number of para-hydroxylation sites is 1. The van der Waals surface area contributed by atoms with Crippen molar-refractivity contribution in [3.8, 4) is 11.5 Å². The first-order valence-electron chi connectivity index (χ1n) is 11.3. The lowest BCUT2D eigenvalue weighted by molar-refractivity contribution is 0.0796. The van der Waals surface area contributed by atoms with Crippen molar-refractivity contribution < 1.29 is 14.3 Å². The maximum atomic E-state index is 13.6. The number of aryl methyl sites for hydroxylation is 2. The molecular weight excluding hydrogens is 430 g/mol. The van der Waals surface area contributed by atoms with Gasteiger partial charge in [-0.1, -0.05) is 42.0 Å². The Bertz CT molecular complexity index is 1150. The van der Waals surface area contributed by atoms with Crippen molar-refractivity contribution in [2.75, 3.05) is 6.54 Å². The molecule has 0 aliphatic carbocycles. The molecule has 0 saturated carbocycles. The molecule has 34 heavy (non-hydrogen) atoms. The number of hydrogen-bond donors (Lipinski definition) is 2. The summed E-state index contributed by atoms with van der Waals surface area (Å²) in [5.41, 5.74) is 5.61. The molecule has 0 unspecified atom stereocenters. The van der Waals surface area contributed by atoms with E-state index >= 15 is 0 Å². The standard InChI is InChI=1S/C26H33N5O3/c1-7-27-25(33)30(17-20-14-13-18(2)15-19(20)3)29-24(32)23-22(16-28-31(23)26(4,5)6)34-21-11-9-8-10-12-21/h8-16H,7,17H2,1-6H3,(H,27,33)(H,29,32). The highest BCUT2D eigenvalue weighted by atomic mass is 16.5. The molecule has 2 aromatic carbocycles. The van der Waals surface area contributed by atoms with Crippen LogP contribution in [0.4, 0.5) is 4.79 Å². The predicted octanol–water partition coefficient (Wildman–Crippen LogP) is 4.92. The van der Waals surface area contributed by atoms with Crippen LogP contribution in [-0.2, 0) is 12.1 Å². The van der Waals surface area contributed by atoms with Gasteiger partial charge in [-0.25, -0.2) is 9.80 Å². The van der Waals surface area contributed by atoms with Gasteiger partial charge in [-0.15, -0.1) is 0 Å². The number of amides is 3. The highest BCUT2D eigenvalue weighted by Crippen LogP contribution is 2.29. The van der Waals surface area contributed by atoms with E-state index in [0.29, 0.717) is 18.0 Å². The summed E-state index contributed by atoms with van der Waals surface area (Å²) < 4.78 is 7.59. The van der Waals surface area contributed by atoms with Crippen LogP contribution in [0, 0.1) is 13.8 Å². The first-order valence-corrected chi connectivity index (χ1v) is 11.3. The summed E-state index contributed by atoms with van der Waals surface area (Å²) in [6.07, 6.45) is 1.52. The van der Waals surface area contributed by atoms with E-state index in [4.69, 9.17) is 4.74 Å². The third-order valence-electron chi connectivity index (χ3n) is 5.19. The maximum Gasteiger partial charge on any atom is 0.336 e. The first kappa shape index (κ1) is 24.8. The zero-order valence-electron chi connectivity index (χ0n) is 20.7. The monoisotopic (exact) mass is 463 g/mol. The Morgan fingerprint density at radius 3 is 2.41 bits per heavy atom. The van der Waals surface area contributed by atoms with Crippen molar-refractivity contribution in [2.24, 2.45) is 0 Å². The Hall–Kier alpha value is -3.81. The van der Waals surface area contributed by atoms with Crippen molar-refractivity contribution in [1.82, 2.24) is 25.5 Å². The van der Waals surface area contributed by atoms with Gasteiger partial charge in [0.25, 0.3) is 5.91 Å². The minimum atomic E-state index is -0.491. The van der Waals surface area contributed by atoms with Crippen LogP contribution in [-0.4, -0.2) is 33.3 Å². The molecule has 3 amide bonds. The predicted molar refractivity (Wildman–Crippen MR) is 132 cm³/mol. The first-order chi connectivity index (χ1) is 16.1. The number of carbonyl (C=O) groups excluding carboxylic acids is 2. The van der Waals surface area contributed by atoms with Crippen LogP contribution >= 0.6 is 0 Å². The van der Waals surface area contributed by atoms with Crippen LogP contribution in [0.5, 0.6) is 11.5 Å². The number of urea groups is 1.